The van der Waals surface area contributed by atoms with Gasteiger partial charge in [0.05, 0.1) is 6.10 Å². The van der Waals surface area contributed by atoms with E-state index < -0.39 is 6.10 Å². The summed E-state index contributed by atoms with van der Waals surface area (Å²) < 4.78 is 0. The Labute approximate surface area is 176 Å². The number of benzene rings is 2. The first-order valence-electron chi connectivity index (χ1n) is 11.1. The van der Waals surface area contributed by atoms with E-state index >= 15 is 0 Å². The van der Waals surface area contributed by atoms with Crippen molar-refractivity contribution in [3.8, 4) is 0 Å². The van der Waals surface area contributed by atoms with Crippen LogP contribution >= 0.6 is 0 Å². The molecule has 158 valence electrons. The predicted octanol–water partition coefficient (Wildman–Crippen LogP) is 5.24. The fourth-order valence-corrected chi connectivity index (χ4v) is 4.50. The minimum absolute atomic E-state index is 0.151. The van der Waals surface area contributed by atoms with E-state index in [1.54, 1.807) is 0 Å². The summed E-state index contributed by atoms with van der Waals surface area (Å²) >= 11 is 0. The Morgan fingerprint density at radius 3 is 2.31 bits per heavy atom. The molecule has 1 aliphatic rings. The maximum atomic E-state index is 11.0. The van der Waals surface area contributed by atoms with Crippen molar-refractivity contribution in [2.45, 2.75) is 64.0 Å². The molecule has 2 aromatic rings. The maximum absolute atomic E-state index is 11.0. The molecule has 1 heterocycles. The van der Waals surface area contributed by atoms with Gasteiger partial charge in [-0.05, 0) is 66.8 Å². The SMILES string of the molecule is CC(C)(C)c1ccc(C2CC(C(O)c3ccccc3)CCN2CCCCO)cc1. The average molecular weight is 396 g/mol. The first-order valence-corrected chi connectivity index (χ1v) is 11.1. The van der Waals surface area contributed by atoms with E-state index in [0.29, 0.717) is 6.04 Å². The number of rotatable bonds is 7. The van der Waals surface area contributed by atoms with Gasteiger partial charge in [0, 0.05) is 12.6 Å². The minimum atomic E-state index is -0.410. The van der Waals surface area contributed by atoms with E-state index in [9.17, 15) is 10.2 Å². The molecule has 0 bridgehead atoms. The molecule has 29 heavy (non-hydrogen) atoms. The zero-order valence-corrected chi connectivity index (χ0v) is 18.2. The van der Waals surface area contributed by atoms with Crippen molar-refractivity contribution in [1.82, 2.24) is 4.90 Å². The zero-order chi connectivity index (χ0) is 20.9. The summed E-state index contributed by atoms with van der Waals surface area (Å²) in [5.74, 6) is 0.263. The van der Waals surface area contributed by atoms with Gasteiger partial charge in [-0.15, -0.1) is 0 Å². The Morgan fingerprint density at radius 1 is 1.00 bits per heavy atom. The highest BCUT2D eigenvalue weighted by Crippen LogP contribution is 2.40. The van der Waals surface area contributed by atoms with Crippen molar-refractivity contribution in [3.05, 3.63) is 71.3 Å². The normalized spacial score (nSPS) is 21.8. The van der Waals surface area contributed by atoms with E-state index in [1.165, 1.54) is 11.1 Å². The van der Waals surface area contributed by atoms with Gasteiger partial charge in [0.1, 0.15) is 0 Å². The van der Waals surface area contributed by atoms with E-state index in [4.69, 9.17) is 0 Å². The molecule has 3 heteroatoms. The second-order valence-electron chi connectivity index (χ2n) is 9.49. The Bertz CT molecular complexity index is 736. The van der Waals surface area contributed by atoms with Crippen LogP contribution in [0.15, 0.2) is 54.6 Å². The van der Waals surface area contributed by atoms with Crippen LogP contribution in [0, 0.1) is 5.92 Å². The number of aliphatic hydroxyl groups is 2. The predicted molar refractivity (Wildman–Crippen MR) is 120 cm³/mol. The van der Waals surface area contributed by atoms with Crippen molar-refractivity contribution in [3.63, 3.8) is 0 Å². The zero-order valence-electron chi connectivity index (χ0n) is 18.2. The van der Waals surface area contributed by atoms with E-state index in [1.807, 2.05) is 30.3 Å². The molecule has 3 atom stereocenters. The smallest absolute Gasteiger partial charge is 0.0819 e. The van der Waals surface area contributed by atoms with Crippen molar-refractivity contribution in [2.24, 2.45) is 5.92 Å². The van der Waals surface area contributed by atoms with Crippen molar-refractivity contribution in [2.75, 3.05) is 19.7 Å². The van der Waals surface area contributed by atoms with Crippen LogP contribution in [0.4, 0.5) is 0 Å². The Morgan fingerprint density at radius 2 is 1.69 bits per heavy atom. The van der Waals surface area contributed by atoms with E-state index in [0.717, 1.165) is 44.3 Å². The van der Waals surface area contributed by atoms with E-state index in [-0.39, 0.29) is 17.9 Å². The average Bonchev–Trinajstić information content (AvgIpc) is 2.74. The first-order chi connectivity index (χ1) is 13.9. The third-order valence-electron chi connectivity index (χ3n) is 6.36. The van der Waals surface area contributed by atoms with Gasteiger partial charge in [0.25, 0.3) is 0 Å². The summed E-state index contributed by atoms with van der Waals surface area (Å²) in [6.07, 6.45) is 3.42. The highest BCUT2D eigenvalue weighted by Gasteiger charge is 2.33. The molecule has 3 rings (SSSR count). The second kappa shape index (κ2) is 9.88. The molecule has 0 aliphatic carbocycles. The number of likely N-dealkylation sites (tertiary alicyclic amines) is 1. The lowest BCUT2D eigenvalue weighted by Gasteiger charge is -2.41. The van der Waals surface area contributed by atoms with Crippen LogP contribution in [-0.4, -0.2) is 34.8 Å². The van der Waals surface area contributed by atoms with Crippen molar-refractivity contribution < 1.29 is 10.2 Å². The number of piperidine rings is 1. The van der Waals surface area contributed by atoms with Crippen LogP contribution in [0.1, 0.15) is 75.3 Å². The molecule has 0 saturated carbocycles. The van der Waals surface area contributed by atoms with Gasteiger partial charge in [0.15, 0.2) is 0 Å². The highest BCUT2D eigenvalue weighted by molar-refractivity contribution is 5.30. The molecule has 0 amide bonds. The van der Waals surface area contributed by atoms with Crippen LogP contribution in [0.25, 0.3) is 0 Å². The molecular weight excluding hydrogens is 358 g/mol. The van der Waals surface area contributed by atoms with Gasteiger partial charge >= 0.3 is 0 Å². The fourth-order valence-electron chi connectivity index (χ4n) is 4.50. The number of nitrogens with zero attached hydrogens (tertiary/aromatic N) is 1. The van der Waals surface area contributed by atoms with Gasteiger partial charge in [-0.25, -0.2) is 0 Å². The van der Waals surface area contributed by atoms with Gasteiger partial charge in [-0.1, -0.05) is 75.4 Å². The standard InChI is InChI=1S/C26H37NO2/c1-26(2,3)23-13-11-20(12-14-23)24-19-22(15-17-27(24)16-7-8-18-28)25(29)21-9-5-4-6-10-21/h4-6,9-14,22,24-25,28-29H,7-8,15-19H2,1-3H3. The lowest BCUT2D eigenvalue weighted by atomic mass is 9.80. The van der Waals surface area contributed by atoms with Crippen molar-refractivity contribution >= 4 is 0 Å². The monoisotopic (exact) mass is 395 g/mol. The van der Waals surface area contributed by atoms with Crippen molar-refractivity contribution in [1.29, 1.82) is 0 Å². The van der Waals surface area contributed by atoms with Gasteiger partial charge < -0.3 is 10.2 Å². The Balaban J connectivity index is 1.79. The molecule has 1 saturated heterocycles. The van der Waals surface area contributed by atoms with Crippen LogP contribution in [0.3, 0.4) is 0 Å². The Kier molecular flexibility index (Phi) is 7.50. The first kappa shape index (κ1) is 22.0. The minimum Gasteiger partial charge on any atom is -0.396 e. The third kappa shape index (κ3) is 5.69. The largest absolute Gasteiger partial charge is 0.396 e. The Hall–Kier alpha value is -1.68. The lowest BCUT2D eigenvalue weighted by Crippen LogP contribution is -2.39. The summed E-state index contributed by atoms with van der Waals surface area (Å²) in [7, 11) is 0. The molecule has 1 fully saturated rings. The second-order valence-corrected chi connectivity index (χ2v) is 9.49. The van der Waals surface area contributed by atoms with Crippen LogP contribution in [0.2, 0.25) is 0 Å². The number of unbranched alkanes of at least 4 members (excludes halogenated alkanes) is 1. The van der Waals surface area contributed by atoms with Crippen LogP contribution in [0.5, 0.6) is 0 Å². The topological polar surface area (TPSA) is 43.7 Å². The molecule has 2 aromatic carbocycles. The van der Waals surface area contributed by atoms with Crippen LogP contribution < -0.4 is 0 Å². The molecule has 0 aromatic heterocycles. The molecular formula is C26H37NO2. The summed E-state index contributed by atoms with van der Waals surface area (Å²) in [6, 6.07) is 19.5. The summed E-state index contributed by atoms with van der Waals surface area (Å²) in [5.41, 5.74) is 3.86. The molecule has 3 nitrogen and oxygen atoms in total. The maximum Gasteiger partial charge on any atom is 0.0819 e. The number of hydrogen-bond acceptors (Lipinski definition) is 3. The van der Waals surface area contributed by atoms with Crippen LogP contribution in [-0.2, 0) is 5.41 Å². The molecule has 0 spiro atoms. The third-order valence-corrected chi connectivity index (χ3v) is 6.36. The number of hydrogen-bond donors (Lipinski definition) is 2. The van der Waals surface area contributed by atoms with Gasteiger partial charge in [-0.2, -0.15) is 0 Å². The summed E-state index contributed by atoms with van der Waals surface area (Å²) in [6.45, 7) is 8.99. The quantitative estimate of drug-likeness (QED) is 0.630. The number of aliphatic hydroxyl groups excluding tert-OH is 2. The lowest BCUT2D eigenvalue weighted by molar-refractivity contribution is 0.0278. The van der Waals surface area contributed by atoms with E-state index in [2.05, 4.69) is 49.9 Å². The fraction of sp³-hybridized carbons (Fsp3) is 0.538. The van der Waals surface area contributed by atoms with Gasteiger partial charge in [-0.3, -0.25) is 4.90 Å². The molecule has 0 radical (unpaired) electrons. The summed E-state index contributed by atoms with van der Waals surface area (Å²) in [4.78, 5) is 2.55. The highest BCUT2D eigenvalue weighted by atomic mass is 16.3. The summed E-state index contributed by atoms with van der Waals surface area (Å²) in [5, 5.41) is 20.2. The molecule has 3 unspecified atom stereocenters. The van der Waals surface area contributed by atoms with Gasteiger partial charge in [0.2, 0.25) is 0 Å². The molecule has 1 aliphatic heterocycles. The molecule has 2 N–H and O–H groups in total.